The second-order valence-electron chi connectivity index (χ2n) is 10.4. The van der Waals surface area contributed by atoms with Gasteiger partial charge in [-0.3, -0.25) is 4.79 Å². The van der Waals surface area contributed by atoms with E-state index in [9.17, 15) is 14.3 Å². The SMILES string of the molecule is CCCC(O)COc1ccc(-c2ccc3c(c2COc2cc(F)ccc2C)N(C)C(=O)C(C)(C)N3)c(OC)c1. The van der Waals surface area contributed by atoms with Gasteiger partial charge >= 0.3 is 0 Å². The smallest absolute Gasteiger partial charge is 0.251 e. The number of carbonyl (C=O) groups excluding carboxylic acids is 1. The number of hydrogen-bond donors (Lipinski definition) is 2. The predicted octanol–water partition coefficient (Wildman–Crippen LogP) is 6.10. The number of hydrogen-bond acceptors (Lipinski definition) is 6. The number of aliphatic hydroxyl groups excluding tert-OH is 1. The Hall–Kier alpha value is -3.78. The van der Waals surface area contributed by atoms with E-state index in [-0.39, 0.29) is 24.9 Å². The molecule has 1 atom stereocenters. The van der Waals surface area contributed by atoms with E-state index in [1.165, 1.54) is 12.1 Å². The monoisotopic (exact) mass is 536 g/mol. The van der Waals surface area contributed by atoms with Gasteiger partial charge in [0, 0.05) is 30.3 Å². The summed E-state index contributed by atoms with van der Waals surface area (Å²) in [6.45, 7) is 7.83. The maximum atomic E-state index is 14.0. The van der Waals surface area contributed by atoms with E-state index in [0.717, 1.165) is 34.4 Å². The Balaban J connectivity index is 1.78. The molecule has 0 saturated heterocycles. The van der Waals surface area contributed by atoms with Gasteiger partial charge in [-0.25, -0.2) is 4.39 Å². The van der Waals surface area contributed by atoms with Crippen LogP contribution in [0.25, 0.3) is 11.1 Å². The highest BCUT2D eigenvalue weighted by molar-refractivity contribution is 6.08. The molecule has 7 nitrogen and oxygen atoms in total. The van der Waals surface area contributed by atoms with Crippen LogP contribution in [0.2, 0.25) is 0 Å². The number of nitrogens with zero attached hydrogens (tertiary/aromatic N) is 1. The molecule has 0 fully saturated rings. The summed E-state index contributed by atoms with van der Waals surface area (Å²) in [4.78, 5) is 14.9. The lowest BCUT2D eigenvalue weighted by molar-refractivity contribution is -0.121. The van der Waals surface area contributed by atoms with Crippen LogP contribution >= 0.6 is 0 Å². The molecule has 8 heteroatoms. The standard InChI is InChI=1S/C31H37FN2O5/c1-7-8-21(35)17-38-22-11-12-24(28(16-22)37-6)23-13-14-26-29(34(5)30(36)31(3,4)33-26)25(23)18-39-27-15-20(32)10-9-19(27)2/h9-16,21,33,35H,7-8,17-18H2,1-6H3. The number of aryl methyl sites for hydroxylation is 1. The largest absolute Gasteiger partial charge is 0.496 e. The molecule has 4 rings (SSSR count). The van der Waals surface area contributed by atoms with Crippen molar-refractivity contribution in [1.29, 1.82) is 0 Å². The summed E-state index contributed by atoms with van der Waals surface area (Å²) in [5.74, 6) is 1.10. The first-order chi connectivity index (χ1) is 18.6. The van der Waals surface area contributed by atoms with Gasteiger partial charge in [-0.2, -0.15) is 0 Å². The Bertz CT molecular complexity index is 1360. The van der Waals surface area contributed by atoms with E-state index in [1.54, 1.807) is 31.2 Å². The number of halogens is 1. The van der Waals surface area contributed by atoms with Gasteiger partial charge in [0.15, 0.2) is 0 Å². The summed E-state index contributed by atoms with van der Waals surface area (Å²) >= 11 is 0. The van der Waals surface area contributed by atoms with E-state index >= 15 is 0 Å². The van der Waals surface area contributed by atoms with Gasteiger partial charge in [-0.1, -0.05) is 25.5 Å². The second kappa shape index (κ2) is 11.5. The number of amides is 1. The number of carbonyl (C=O) groups is 1. The third-order valence-electron chi connectivity index (χ3n) is 6.95. The minimum Gasteiger partial charge on any atom is -0.496 e. The van der Waals surface area contributed by atoms with Crippen LogP contribution in [0.3, 0.4) is 0 Å². The van der Waals surface area contributed by atoms with Crippen molar-refractivity contribution in [2.75, 3.05) is 31.0 Å². The number of nitrogens with one attached hydrogen (secondary N) is 1. The summed E-state index contributed by atoms with van der Waals surface area (Å²) < 4.78 is 31.7. The zero-order valence-electron chi connectivity index (χ0n) is 23.4. The van der Waals surface area contributed by atoms with Crippen molar-refractivity contribution in [2.24, 2.45) is 0 Å². The van der Waals surface area contributed by atoms with Crippen LogP contribution in [0.4, 0.5) is 15.8 Å². The summed E-state index contributed by atoms with van der Waals surface area (Å²) in [6, 6.07) is 13.8. The number of ether oxygens (including phenoxy) is 3. The molecule has 1 aliphatic rings. The predicted molar refractivity (Wildman–Crippen MR) is 151 cm³/mol. The molecule has 1 aliphatic heterocycles. The number of rotatable bonds is 10. The number of likely N-dealkylation sites (N-methyl/N-ethyl adjacent to an activating group) is 1. The fourth-order valence-electron chi connectivity index (χ4n) is 4.90. The average Bonchev–Trinajstić information content (AvgIpc) is 2.90. The first-order valence-electron chi connectivity index (χ1n) is 13.2. The molecular weight excluding hydrogens is 499 g/mol. The van der Waals surface area contributed by atoms with Gasteiger partial charge in [0.1, 0.15) is 41.8 Å². The lowest BCUT2D eigenvalue weighted by Gasteiger charge is -2.39. The van der Waals surface area contributed by atoms with Crippen molar-refractivity contribution >= 4 is 17.3 Å². The minimum atomic E-state index is -0.778. The molecule has 3 aromatic carbocycles. The number of anilines is 2. The van der Waals surface area contributed by atoms with Gasteiger partial charge in [-0.15, -0.1) is 0 Å². The lowest BCUT2D eigenvalue weighted by atomic mass is 9.91. The van der Waals surface area contributed by atoms with Crippen LogP contribution in [0.5, 0.6) is 17.2 Å². The van der Waals surface area contributed by atoms with Crippen molar-refractivity contribution in [2.45, 2.75) is 58.8 Å². The molecule has 208 valence electrons. The highest BCUT2D eigenvalue weighted by Gasteiger charge is 2.38. The number of fused-ring (bicyclic) bond motifs is 1. The van der Waals surface area contributed by atoms with Crippen LogP contribution < -0.4 is 24.4 Å². The Morgan fingerprint density at radius 2 is 1.79 bits per heavy atom. The molecule has 3 aromatic rings. The molecule has 0 saturated carbocycles. The van der Waals surface area contributed by atoms with Crippen molar-refractivity contribution in [3.8, 4) is 28.4 Å². The number of aliphatic hydroxyl groups is 1. The van der Waals surface area contributed by atoms with Crippen LogP contribution in [0.15, 0.2) is 48.5 Å². The highest BCUT2D eigenvalue weighted by atomic mass is 19.1. The molecule has 1 amide bonds. The molecular formula is C31H37FN2O5. The van der Waals surface area contributed by atoms with Crippen LogP contribution in [0, 0.1) is 12.7 Å². The Morgan fingerprint density at radius 3 is 2.51 bits per heavy atom. The molecule has 0 bridgehead atoms. The summed E-state index contributed by atoms with van der Waals surface area (Å²) in [7, 11) is 3.33. The molecule has 0 aliphatic carbocycles. The zero-order chi connectivity index (χ0) is 28.3. The van der Waals surface area contributed by atoms with Crippen molar-refractivity contribution < 1.29 is 28.5 Å². The first-order valence-corrected chi connectivity index (χ1v) is 13.2. The zero-order valence-corrected chi connectivity index (χ0v) is 23.4. The lowest BCUT2D eigenvalue weighted by Crippen LogP contribution is -2.52. The minimum absolute atomic E-state index is 0.0864. The van der Waals surface area contributed by atoms with Crippen molar-refractivity contribution in [1.82, 2.24) is 0 Å². The van der Waals surface area contributed by atoms with Crippen molar-refractivity contribution in [3.63, 3.8) is 0 Å². The topological polar surface area (TPSA) is 80.3 Å². The summed E-state index contributed by atoms with van der Waals surface area (Å²) in [6.07, 6.45) is 0.991. The van der Waals surface area contributed by atoms with Gasteiger partial charge in [0.05, 0.1) is 24.6 Å². The molecule has 0 aromatic heterocycles. The second-order valence-corrected chi connectivity index (χ2v) is 10.4. The Labute approximate surface area is 229 Å². The first kappa shape index (κ1) is 28.2. The van der Waals surface area contributed by atoms with Crippen LogP contribution in [-0.2, 0) is 11.4 Å². The van der Waals surface area contributed by atoms with E-state index in [4.69, 9.17) is 14.2 Å². The van der Waals surface area contributed by atoms with Crippen LogP contribution in [0.1, 0.15) is 44.7 Å². The van der Waals surface area contributed by atoms with Crippen LogP contribution in [-0.4, -0.2) is 43.4 Å². The third-order valence-corrected chi connectivity index (χ3v) is 6.95. The van der Waals surface area contributed by atoms with Gasteiger partial charge in [0.2, 0.25) is 0 Å². The molecule has 0 spiro atoms. The van der Waals surface area contributed by atoms with E-state index in [1.807, 2.05) is 52.0 Å². The molecule has 0 radical (unpaired) electrons. The summed E-state index contributed by atoms with van der Waals surface area (Å²) in [5, 5.41) is 13.4. The fraction of sp³-hybridized carbons (Fsp3) is 0.387. The number of methoxy groups -OCH3 is 1. The van der Waals surface area contributed by atoms with Gasteiger partial charge in [-0.05, 0) is 62.6 Å². The van der Waals surface area contributed by atoms with E-state index in [2.05, 4.69) is 5.32 Å². The maximum absolute atomic E-state index is 14.0. The number of benzene rings is 3. The molecule has 2 N–H and O–H groups in total. The Kier molecular flexibility index (Phi) is 8.35. The Morgan fingerprint density at radius 1 is 1.05 bits per heavy atom. The van der Waals surface area contributed by atoms with Crippen molar-refractivity contribution in [3.05, 3.63) is 65.5 Å². The normalized spacial score (nSPS) is 14.9. The van der Waals surface area contributed by atoms with Gasteiger partial charge < -0.3 is 29.5 Å². The van der Waals surface area contributed by atoms with Gasteiger partial charge in [0.25, 0.3) is 5.91 Å². The summed E-state index contributed by atoms with van der Waals surface area (Å²) in [5.41, 5.74) is 3.84. The fourth-order valence-corrected chi connectivity index (χ4v) is 4.90. The van der Waals surface area contributed by atoms with E-state index in [0.29, 0.717) is 29.4 Å². The molecule has 1 unspecified atom stereocenters. The molecule has 1 heterocycles. The quantitative estimate of drug-likeness (QED) is 0.326. The third kappa shape index (κ3) is 5.96. The maximum Gasteiger partial charge on any atom is 0.251 e. The van der Waals surface area contributed by atoms with E-state index < -0.39 is 11.6 Å². The molecule has 39 heavy (non-hydrogen) atoms. The highest BCUT2D eigenvalue weighted by Crippen LogP contribution is 2.45. The average molecular weight is 537 g/mol.